The van der Waals surface area contributed by atoms with Crippen LogP contribution in [0.5, 0.6) is 0 Å². The van der Waals surface area contributed by atoms with Crippen molar-refractivity contribution in [3.05, 3.63) is 6.92 Å². The van der Waals surface area contributed by atoms with Crippen LogP contribution in [0.2, 0.25) is 0 Å². The number of carbonyl (C=O) groups is 1. The predicted octanol–water partition coefficient (Wildman–Crippen LogP) is 1.80. The number of hydrogen-bond acceptors (Lipinski definition) is 2. The number of esters is 1. The van der Waals surface area contributed by atoms with Gasteiger partial charge in [0.2, 0.25) is 0 Å². The van der Waals surface area contributed by atoms with E-state index in [0.29, 0.717) is 0 Å². The third kappa shape index (κ3) is 3.49. The molecule has 0 saturated heterocycles. The van der Waals surface area contributed by atoms with Crippen molar-refractivity contribution in [1.82, 2.24) is 0 Å². The maximum Gasteiger partial charge on any atom is 0.311 e. The van der Waals surface area contributed by atoms with E-state index in [0.717, 1.165) is 0 Å². The Morgan fingerprint density at radius 3 is 2.00 bits per heavy atom. The molecule has 2 nitrogen and oxygen atoms in total. The Hall–Kier alpha value is -0.530. The Morgan fingerprint density at radius 1 is 1.50 bits per heavy atom. The summed E-state index contributed by atoms with van der Waals surface area (Å²) in [6, 6.07) is 0. The van der Waals surface area contributed by atoms with Crippen molar-refractivity contribution in [2.75, 3.05) is 0 Å². The minimum absolute atomic E-state index is 0.199. The molecule has 2 heteroatoms. The summed E-state index contributed by atoms with van der Waals surface area (Å²) in [6.07, 6.45) is -0.258. The van der Waals surface area contributed by atoms with Crippen molar-refractivity contribution in [3.8, 4) is 0 Å². The molecule has 0 rings (SSSR count). The highest BCUT2D eigenvalue weighted by molar-refractivity contribution is 5.75. The van der Waals surface area contributed by atoms with E-state index < -0.39 is 5.41 Å². The van der Waals surface area contributed by atoms with Gasteiger partial charge >= 0.3 is 5.97 Å². The summed E-state index contributed by atoms with van der Waals surface area (Å²) in [5.74, 6) is -0.199. The highest BCUT2D eigenvalue weighted by Crippen LogP contribution is 2.15. The largest absolute Gasteiger partial charge is 0.462 e. The van der Waals surface area contributed by atoms with Gasteiger partial charge in [-0.05, 0) is 34.6 Å². The zero-order valence-electron chi connectivity index (χ0n) is 7.10. The van der Waals surface area contributed by atoms with Crippen molar-refractivity contribution in [3.63, 3.8) is 0 Å². The summed E-state index contributed by atoms with van der Waals surface area (Å²) in [5.41, 5.74) is -0.411. The van der Waals surface area contributed by atoms with Crippen molar-refractivity contribution < 1.29 is 9.53 Å². The van der Waals surface area contributed by atoms with Crippen molar-refractivity contribution in [1.29, 1.82) is 0 Å². The van der Waals surface area contributed by atoms with Gasteiger partial charge in [0.25, 0.3) is 0 Å². The third-order valence-corrected chi connectivity index (χ3v) is 0.921. The van der Waals surface area contributed by atoms with Gasteiger partial charge < -0.3 is 4.74 Å². The molecule has 0 heterocycles. The molecule has 10 heavy (non-hydrogen) atoms. The molecule has 0 aliphatic carbocycles. The summed E-state index contributed by atoms with van der Waals surface area (Å²) in [6.45, 7) is 10.7. The number of ether oxygens (including phenoxy) is 1. The molecule has 0 aromatic heterocycles. The SMILES string of the molecule is [CH2]C(C)OC(=O)C(C)(C)C. The molecule has 0 amide bonds. The highest BCUT2D eigenvalue weighted by atomic mass is 16.5. The molecule has 0 aliphatic heterocycles. The average molecular weight is 143 g/mol. The monoisotopic (exact) mass is 143 g/mol. The van der Waals surface area contributed by atoms with E-state index >= 15 is 0 Å². The Balaban J connectivity index is 3.87. The molecular weight excluding hydrogens is 128 g/mol. The fraction of sp³-hybridized carbons (Fsp3) is 0.750. The Labute approximate surface area is 62.6 Å². The smallest absolute Gasteiger partial charge is 0.311 e. The molecule has 0 N–H and O–H groups in total. The lowest BCUT2D eigenvalue weighted by molar-refractivity contribution is -0.155. The first-order valence-electron chi connectivity index (χ1n) is 3.38. The summed E-state index contributed by atoms with van der Waals surface area (Å²) >= 11 is 0. The van der Waals surface area contributed by atoms with Gasteiger partial charge in [-0.25, -0.2) is 0 Å². The zero-order chi connectivity index (χ0) is 8.36. The second-order valence-electron chi connectivity index (χ2n) is 3.47. The van der Waals surface area contributed by atoms with E-state index in [2.05, 4.69) is 6.92 Å². The maximum absolute atomic E-state index is 11.0. The first kappa shape index (κ1) is 9.47. The van der Waals surface area contributed by atoms with Gasteiger partial charge in [0, 0.05) is 0 Å². The molecule has 1 unspecified atom stereocenters. The van der Waals surface area contributed by atoms with Gasteiger partial charge in [-0.1, -0.05) is 0 Å². The number of hydrogen-bond donors (Lipinski definition) is 0. The van der Waals surface area contributed by atoms with Gasteiger partial charge in [0.1, 0.15) is 0 Å². The summed E-state index contributed by atoms with van der Waals surface area (Å²) in [4.78, 5) is 11.0. The first-order chi connectivity index (χ1) is 4.34. The Kier molecular flexibility index (Phi) is 2.88. The molecular formula is C8H15O2. The molecule has 0 bridgehead atoms. The van der Waals surface area contributed by atoms with Crippen molar-refractivity contribution >= 4 is 5.97 Å². The predicted molar refractivity (Wildman–Crippen MR) is 40.4 cm³/mol. The molecule has 1 atom stereocenters. The molecule has 0 aliphatic rings. The van der Waals surface area contributed by atoms with E-state index in [1.54, 1.807) is 6.92 Å². The lowest BCUT2D eigenvalue weighted by Gasteiger charge is -2.18. The zero-order valence-corrected chi connectivity index (χ0v) is 7.10. The fourth-order valence-electron chi connectivity index (χ4n) is 0.360. The molecule has 0 aromatic rings. The fourth-order valence-corrected chi connectivity index (χ4v) is 0.360. The van der Waals surface area contributed by atoms with E-state index in [1.807, 2.05) is 20.8 Å². The van der Waals surface area contributed by atoms with Crippen LogP contribution in [-0.4, -0.2) is 12.1 Å². The standard InChI is InChI=1S/C8H15O2/c1-6(2)10-7(9)8(3,4)5/h6H,1H2,2-5H3. The van der Waals surface area contributed by atoms with E-state index in [1.165, 1.54) is 0 Å². The normalized spacial score (nSPS) is 11.8. The van der Waals surface area contributed by atoms with Crippen LogP contribution in [0.15, 0.2) is 0 Å². The highest BCUT2D eigenvalue weighted by Gasteiger charge is 2.23. The Morgan fingerprint density at radius 2 is 1.90 bits per heavy atom. The summed E-state index contributed by atoms with van der Waals surface area (Å²) < 4.78 is 4.86. The van der Waals surface area contributed by atoms with Crippen LogP contribution in [0.25, 0.3) is 0 Å². The lowest BCUT2D eigenvalue weighted by atomic mass is 9.97. The van der Waals surface area contributed by atoms with Crippen LogP contribution in [0, 0.1) is 12.3 Å². The molecule has 0 saturated carbocycles. The van der Waals surface area contributed by atoms with E-state index in [9.17, 15) is 4.79 Å². The second kappa shape index (κ2) is 3.04. The number of carbonyl (C=O) groups excluding carboxylic acids is 1. The summed E-state index contributed by atoms with van der Waals surface area (Å²) in [5, 5.41) is 0. The van der Waals surface area contributed by atoms with Crippen LogP contribution in [0.1, 0.15) is 27.7 Å². The van der Waals surface area contributed by atoms with Gasteiger partial charge in [-0.3, -0.25) is 4.79 Å². The molecule has 1 radical (unpaired) electrons. The minimum Gasteiger partial charge on any atom is -0.462 e. The van der Waals surface area contributed by atoms with Crippen molar-refractivity contribution in [2.24, 2.45) is 5.41 Å². The lowest BCUT2D eigenvalue weighted by Crippen LogP contribution is -2.25. The third-order valence-electron chi connectivity index (χ3n) is 0.921. The van der Waals surface area contributed by atoms with Crippen LogP contribution < -0.4 is 0 Å². The van der Waals surface area contributed by atoms with Crippen LogP contribution in [-0.2, 0) is 9.53 Å². The minimum atomic E-state index is -0.411. The van der Waals surface area contributed by atoms with E-state index in [4.69, 9.17) is 4.74 Å². The van der Waals surface area contributed by atoms with Crippen LogP contribution in [0.3, 0.4) is 0 Å². The maximum atomic E-state index is 11.0. The van der Waals surface area contributed by atoms with Gasteiger partial charge in [0.05, 0.1) is 11.5 Å². The van der Waals surface area contributed by atoms with E-state index in [-0.39, 0.29) is 12.1 Å². The van der Waals surface area contributed by atoms with Gasteiger partial charge in [0.15, 0.2) is 0 Å². The van der Waals surface area contributed by atoms with Crippen molar-refractivity contribution in [2.45, 2.75) is 33.8 Å². The second-order valence-corrected chi connectivity index (χ2v) is 3.47. The Bertz CT molecular complexity index is 120. The summed E-state index contributed by atoms with van der Waals surface area (Å²) in [7, 11) is 0. The van der Waals surface area contributed by atoms with Gasteiger partial charge in [-0.15, -0.1) is 0 Å². The molecule has 0 spiro atoms. The van der Waals surface area contributed by atoms with Gasteiger partial charge in [-0.2, -0.15) is 0 Å². The topological polar surface area (TPSA) is 26.3 Å². The molecule has 0 fully saturated rings. The average Bonchev–Trinajstić information content (AvgIpc) is 1.60. The molecule has 59 valence electrons. The van der Waals surface area contributed by atoms with Crippen LogP contribution >= 0.6 is 0 Å². The van der Waals surface area contributed by atoms with Crippen LogP contribution in [0.4, 0.5) is 0 Å². The quantitative estimate of drug-likeness (QED) is 0.523. The number of rotatable bonds is 1. The molecule has 0 aromatic carbocycles. The first-order valence-corrected chi connectivity index (χ1v) is 3.38.